The van der Waals surface area contributed by atoms with Gasteiger partial charge in [0, 0.05) is 18.7 Å². The number of rotatable bonds is 4. The van der Waals surface area contributed by atoms with E-state index in [9.17, 15) is 14.4 Å². The third-order valence-corrected chi connectivity index (χ3v) is 5.28. The van der Waals surface area contributed by atoms with Crippen molar-refractivity contribution in [3.63, 3.8) is 0 Å². The number of allylic oxidation sites excluding steroid dienone is 2. The van der Waals surface area contributed by atoms with Crippen molar-refractivity contribution in [3.05, 3.63) is 36.0 Å². The SMILES string of the molecule is Cc1cccc(NC(=O)CCN2C(=O)[C@H]3[C@H](C2=O)[C@H]2C=C[C@H]3C2)n1. The molecule has 3 aliphatic rings. The first kappa shape index (κ1) is 15.1. The first-order chi connectivity index (χ1) is 11.5. The molecule has 1 aliphatic heterocycles. The van der Waals surface area contributed by atoms with Crippen LogP contribution in [0, 0.1) is 30.6 Å². The molecule has 2 bridgehead atoms. The van der Waals surface area contributed by atoms with Gasteiger partial charge in [-0.15, -0.1) is 0 Å². The molecule has 1 N–H and O–H groups in total. The van der Waals surface area contributed by atoms with Crippen molar-refractivity contribution >= 4 is 23.5 Å². The van der Waals surface area contributed by atoms with E-state index >= 15 is 0 Å². The Morgan fingerprint density at radius 2 is 1.88 bits per heavy atom. The maximum atomic E-state index is 12.5. The van der Waals surface area contributed by atoms with Crippen LogP contribution in [0.15, 0.2) is 30.4 Å². The molecule has 2 fully saturated rings. The van der Waals surface area contributed by atoms with Gasteiger partial charge >= 0.3 is 0 Å². The number of likely N-dealkylation sites (tertiary alicyclic amines) is 1. The molecule has 124 valence electrons. The summed E-state index contributed by atoms with van der Waals surface area (Å²) in [7, 11) is 0. The van der Waals surface area contributed by atoms with Crippen LogP contribution in [0.25, 0.3) is 0 Å². The molecule has 4 atom stereocenters. The highest BCUT2D eigenvalue weighted by Crippen LogP contribution is 2.52. The zero-order valence-electron chi connectivity index (χ0n) is 13.4. The van der Waals surface area contributed by atoms with Crippen LogP contribution >= 0.6 is 0 Å². The second-order valence-corrected chi connectivity index (χ2v) is 6.79. The van der Waals surface area contributed by atoms with Gasteiger partial charge in [0.2, 0.25) is 17.7 Å². The number of pyridine rings is 1. The molecule has 1 aromatic rings. The molecule has 2 aliphatic carbocycles. The highest BCUT2D eigenvalue weighted by atomic mass is 16.2. The summed E-state index contributed by atoms with van der Waals surface area (Å²) < 4.78 is 0. The van der Waals surface area contributed by atoms with E-state index in [4.69, 9.17) is 0 Å². The highest BCUT2D eigenvalue weighted by Gasteiger charge is 2.58. The molecule has 0 spiro atoms. The van der Waals surface area contributed by atoms with Gasteiger partial charge in [-0.3, -0.25) is 19.3 Å². The third-order valence-electron chi connectivity index (χ3n) is 5.28. The smallest absolute Gasteiger partial charge is 0.233 e. The Hall–Kier alpha value is -2.50. The summed E-state index contributed by atoms with van der Waals surface area (Å²) in [5, 5.41) is 2.71. The average Bonchev–Trinajstić information content (AvgIpc) is 3.20. The Morgan fingerprint density at radius 3 is 2.50 bits per heavy atom. The Balaban J connectivity index is 1.37. The molecular weight excluding hydrogens is 306 g/mol. The fraction of sp³-hybridized carbons (Fsp3) is 0.444. The van der Waals surface area contributed by atoms with Crippen molar-refractivity contribution in [3.8, 4) is 0 Å². The Morgan fingerprint density at radius 1 is 1.21 bits per heavy atom. The summed E-state index contributed by atoms with van der Waals surface area (Å²) in [6.07, 6.45) is 5.14. The van der Waals surface area contributed by atoms with Crippen LogP contribution in [0.4, 0.5) is 5.82 Å². The molecule has 2 heterocycles. The van der Waals surface area contributed by atoms with Gasteiger partial charge in [0.05, 0.1) is 11.8 Å². The summed E-state index contributed by atoms with van der Waals surface area (Å²) in [5.41, 5.74) is 0.813. The summed E-state index contributed by atoms with van der Waals surface area (Å²) >= 11 is 0. The van der Waals surface area contributed by atoms with E-state index in [1.54, 1.807) is 6.07 Å². The minimum atomic E-state index is -0.244. The number of imide groups is 1. The minimum Gasteiger partial charge on any atom is -0.311 e. The van der Waals surface area contributed by atoms with Crippen LogP contribution in [0.1, 0.15) is 18.5 Å². The third kappa shape index (κ3) is 2.33. The molecule has 1 aromatic heterocycles. The molecule has 4 rings (SSSR count). The van der Waals surface area contributed by atoms with Crippen molar-refractivity contribution in [1.29, 1.82) is 0 Å². The average molecular weight is 325 g/mol. The number of hydrogen-bond donors (Lipinski definition) is 1. The standard InChI is InChI=1S/C18H19N3O3/c1-10-3-2-4-13(19-10)20-14(22)7-8-21-17(23)15-11-5-6-12(9-11)16(15)18(21)24/h2-6,11-12,15-16H,7-9H2,1H3,(H,19,20,22)/t11-,12-,15+,16+/m0/s1. The molecule has 6 nitrogen and oxygen atoms in total. The van der Waals surface area contributed by atoms with Crippen LogP contribution in [-0.4, -0.2) is 34.2 Å². The molecule has 0 aromatic carbocycles. The topological polar surface area (TPSA) is 79.4 Å². The summed E-state index contributed by atoms with van der Waals surface area (Å²) in [4.78, 5) is 42.6. The van der Waals surface area contributed by atoms with Gasteiger partial charge in [0.1, 0.15) is 5.82 Å². The number of fused-ring (bicyclic) bond motifs is 5. The number of amides is 3. The Labute approximate surface area is 139 Å². The van der Waals surface area contributed by atoms with Gasteiger partial charge < -0.3 is 5.32 Å². The second kappa shape index (κ2) is 5.54. The van der Waals surface area contributed by atoms with Gasteiger partial charge in [-0.25, -0.2) is 4.98 Å². The van der Waals surface area contributed by atoms with Crippen molar-refractivity contribution in [2.24, 2.45) is 23.7 Å². The minimum absolute atomic E-state index is 0.0926. The number of nitrogens with one attached hydrogen (secondary N) is 1. The maximum Gasteiger partial charge on any atom is 0.233 e. The monoisotopic (exact) mass is 325 g/mol. The van der Waals surface area contributed by atoms with Crippen LogP contribution in [0.3, 0.4) is 0 Å². The second-order valence-electron chi connectivity index (χ2n) is 6.79. The number of aryl methyl sites for hydroxylation is 1. The number of anilines is 1. The van der Waals surface area contributed by atoms with E-state index in [0.717, 1.165) is 12.1 Å². The summed E-state index contributed by atoms with van der Waals surface area (Å²) in [6.45, 7) is 1.99. The van der Waals surface area contributed by atoms with E-state index in [0.29, 0.717) is 5.82 Å². The first-order valence-corrected chi connectivity index (χ1v) is 8.31. The zero-order chi connectivity index (χ0) is 16.8. The number of carbonyl (C=O) groups excluding carboxylic acids is 3. The fourth-order valence-electron chi connectivity index (χ4n) is 4.22. The Bertz CT molecular complexity index is 728. The van der Waals surface area contributed by atoms with Crippen molar-refractivity contribution < 1.29 is 14.4 Å². The highest BCUT2D eigenvalue weighted by molar-refractivity contribution is 6.06. The van der Waals surface area contributed by atoms with Gasteiger partial charge in [-0.2, -0.15) is 0 Å². The fourth-order valence-corrected chi connectivity index (χ4v) is 4.22. The number of carbonyl (C=O) groups is 3. The van der Waals surface area contributed by atoms with Crippen molar-refractivity contribution in [2.75, 3.05) is 11.9 Å². The number of aromatic nitrogens is 1. The van der Waals surface area contributed by atoms with E-state index in [1.807, 2.05) is 19.1 Å². The molecule has 1 saturated heterocycles. The molecular formula is C18H19N3O3. The van der Waals surface area contributed by atoms with Crippen molar-refractivity contribution in [1.82, 2.24) is 9.88 Å². The van der Waals surface area contributed by atoms with E-state index < -0.39 is 0 Å². The maximum absolute atomic E-state index is 12.5. The quantitative estimate of drug-likeness (QED) is 0.672. The van der Waals surface area contributed by atoms with Crippen LogP contribution in [-0.2, 0) is 14.4 Å². The van der Waals surface area contributed by atoms with Crippen LogP contribution in [0.5, 0.6) is 0 Å². The van der Waals surface area contributed by atoms with Crippen LogP contribution < -0.4 is 5.32 Å². The van der Waals surface area contributed by atoms with E-state index in [2.05, 4.69) is 22.5 Å². The first-order valence-electron chi connectivity index (χ1n) is 8.31. The summed E-state index contributed by atoms with van der Waals surface area (Å²) in [6, 6.07) is 5.37. The van der Waals surface area contributed by atoms with Crippen LogP contribution in [0.2, 0.25) is 0 Å². The summed E-state index contributed by atoms with van der Waals surface area (Å²) in [5.74, 6) is 0.0262. The van der Waals surface area contributed by atoms with E-state index in [1.165, 1.54) is 4.90 Å². The molecule has 1 saturated carbocycles. The zero-order valence-corrected chi connectivity index (χ0v) is 13.4. The lowest BCUT2D eigenvalue weighted by atomic mass is 9.85. The number of hydrogen-bond acceptors (Lipinski definition) is 4. The van der Waals surface area contributed by atoms with Gasteiger partial charge in [-0.05, 0) is 37.3 Å². The molecule has 0 unspecified atom stereocenters. The van der Waals surface area contributed by atoms with Gasteiger partial charge in [-0.1, -0.05) is 18.2 Å². The van der Waals surface area contributed by atoms with E-state index in [-0.39, 0.29) is 54.4 Å². The lowest BCUT2D eigenvalue weighted by molar-refractivity contribution is -0.140. The lowest BCUT2D eigenvalue weighted by Gasteiger charge is -2.16. The van der Waals surface area contributed by atoms with Gasteiger partial charge in [0.25, 0.3) is 0 Å². The predicted octanol–water partition coefficient (Wildman–Crippen LogP) is 1.53. The van der Waals surface area contributed by atoms with Gasteiger partial charge in [0.15, 0.2) is 0 Å². The number of nitrogens with zero attached hydrogens (tertiary/aromatic N) is 2. The predicted molar refractivity (Wildman–Crippen MR) is 86.7 cm³/mol. The largest absolute Gasteiger partial charge is 0.311 e. The molecule has 6 heteroatoms. The normalized spacial score (nSPS) is 30.1. The molecule has 0 radical (unpaired) electrons. The lowest BCUT2D eigenvalue weighted by Crippen LogP contribution is -2.35. The molecule has 24 heavy (non-hydrogen) atoms. The van der Waals surface area contributed by atoms with Crippen molar-refractivity contribution in [2.45, 2.75) is 19.8 Å². The Kier molecular flexibility index (Phi) is 3.48. The molecule has 3 amide bonds.